The van der Waals surface area contributed by atoms with Crippen LogP contribution in [0.5, 0.6) is 0 Å². The van der Waals surface area contributed by atoms with E-state index in [1.807, 2.05) is 0 Å². The Morgan fingerprint density at radius 1 is 1.43 bits per heavy atom. The zero-order valence-corrected chi connectivity index (χ0v) is 8.42. The highest BCUT2D eigenvalue weighted by Gasteiger charge is 2.25. The van der Waals surface area contributed by atoms with Crippen molar-refractivity contribution in [1.29, 1.82) is 0 Å². The van der Waals surface area contributed by atoms with E-state index in [2.05, 4.69) is 10.6 Å². The number of carbonyl (C=O) groups is 1. The molecule has 4 nitrogen and oxygen atoms in total. The smallest absolute Gasteiger partial charge is 0.224 e. The number of hydrogen-bond donors (Lipinski definition) is 2. The molecule has 0 radical (unpaired) electrons. The van der Waals surface area contributed by atoms with Gasteiger partial charge in [-0.25, -0.2) is 0 Å². The summed E-state index contributed by atoms with van der Waals surface area (Å²) in [4.78, 5) is 11.7. The molecular weight excluding hydrogens is 180 g/mol. The van der Waals surface area contributed by atoms with Crippen molar-refractivity contribution in [1.82, 2.24) is 10.6 Å². The van der Waals surface area contributed by atoms with Crippen molar-refractivity contribution in [3.63, 3.8) is 0 Å². The van der Waals surface area contributed by atoms with Crippen molar-refractivity contribution in [2.24, 2.45) is 5.92 Å². The largest absolute Gasteiger partial charge is 0.379 e. The molecule has 2 aliphatic rings. The summed E-state index contributed by atoms with van der Waals surface area (Å²) >= 11 is 0. The van der Waals surface area contributed by atoms with Crippen molar-refractivity contribution < 1.29 is 9.53 Å². The van der Waals surface area contributed by atoms with Crippen molar-refractivity contribution in [3.05, 3.63) is 0 Å². The molecule has 1 amide bonds. The summed E-state index contributed by atoms with van der Waals surface area (Å²) in [6, 6.07) is 0.247. The minimum Gasteiger partial charge on any atom is -0.379 e. The van der Waals surface area contributed by atoms with Crippen LogP contribution in [-0.2, 0) is 9.53 Å². The molecule has 0 bridgehead atoms. The number of hydrogen-bond acceptors (Lipinski definition) is 3. The summed E-state index contributed by atoms with van der Waals surface area (Å²) < 4.78 is 5.32. The average molecular weight is 198 g/mol. The summed E-state index contributed by atoms with van der Waals surface area (Å²) in [6.45, 7) is 3.34. The van der Waals surface area contributed by atoms with E-state index in [1.54, 1.807) is 0 Å². The summed E-state index contributed by atoms with van der Waals surface area (Å²) in [5.41, 5.74) is 0. The first-order valence-electron chi connectivity index (χ1n) is 5.45. The Hall–Kier alpha value is -0.610. The van der Waals surface area contributed by atoms with Crippen molar-refractivity contribution in [2.75, 3.05) is 26.3 Å². The minimum absolute atomic E-state index is 0.178. The number of rotatable bonds is 2. The second kappa shape index (κ2) is 4.75. The molecule has 2 heterocycles. The molecule has 2 N–H and O–H groups in total. The second-order valence-electron chi connectivity index (χ2n) is 4.11. The van der Waals surface area contributed by atoms with Crippen molar-refractivity contribution in [3.8, 4) is 0 Å². The first kappa shape index (κ1) is 9.93. The lowest BCUT2D eigenvalue weighted by Gasteiger charge is -2.24. The summed E-state index contributed by atoms with van der Waals surface area (Å²) in [5, 5.41) is 6.26. The Morgan fingerprint density at radius 2 is 2.36 bits per heavy atom. The van der Waals surface area contributed by atoms with Gasteiger partial charge in [0.2, 0.25) is 5.91 Å². The van der Waals surface area contributed by atoms with Crippen LogP contribution in [0.1, 0.15) is 19.3 Å². The molecule has 0 aromatic rings. The van der Waals surface area contributed by atoms with E-state index < -0.39 is 0 Å². The predicted molar refractivity (Wildman–Crippen MR) is 53.0 cm³/mol. The maximum Gasteiger partial charge on any atom is 0.224 e. The predicted octanol–water partition coefficient (Wildman–Crippen LogP) is -0.109. The van der Waals surface area contributed by atoms with Crippen LogP contribution >= 0.6 is 0 Å². The Bertz CT molecular complexity index is 196. The van der Waals surface area contributed by atoms with Gasteiger partial charge in [-0.15, -0.1) is 0 Å². The van der Waals surface area contributed by atoms with Gasteiger partial charge in [0.25, 0.3) is 0 Å². The summed E-state index contributed by atoms with van der Waals surface area (Å²) in [6.07, 6.45) is 3.10. The maximum absolute atomic E-state index is 11.7. The molecule has 80 valence electrons. The van der Waals surface area contributed by atoms with Crippen LogP contribution < -0.4 is 10.6 Å². The first-order chi connectivity index (χ1) is 6.86. The maximum atomic E-state index is 11.7. The topological polar surface area (TPSA) is 50.4 Å². The highest BCUT2D eigenvalue weighted by Crippen LogP contribution is 2.10. The number of ether oxygens (including phenoxy) is 1. The fraction of sp³-hybridized carbons (Fsp3) is 0.900. The SMILES string of the molecule is O=C(NC1CCCOC1)[C@H]1CCNC1. The van der Waals surface area contributed by atoms with Gasteiger partial charge in [0.15, 0.2) is 0 Å². The van der Waals surface area contributed by atoms with Gasteiger partial charge in [-0.2, -0.15) is 0 Å². The fourth-order valence-electron chi connectivity index (χ4n) is 2.05. The third kappa shape index (κ3) is 2.45. The van der Waals surface area contributed by atoms with Gasteiger partial charge in [0.05, 0.1) is 18.6 Å². The molecule has 1 unspecified atom stereocenters. The van der Waals surface area contributed by atoms with E-state index in [4.69, 9.17) is 4.74 Å². The van der Waals surface area contributed by atoms with Gasteiger partial charge in [-0.3, -0.25) is 4.79 Å². The van der Waals surface area contributed by atoms with Crippen LogP contribution in [0.4, 0.5) is 0 Å². The molecule has 0 saturated carbocycles. The van der Waals surface area contributed by atoms with Gasteiger partial charge in [-0.1, -0.05) is 0 Å². The normalized spacial score (nSPS) is 32.9. The first-order valence-corrected chi connectivity index (χ1v) is 5.45. The number of nitrogens with one attached hydrogen (secondary N) is 2. The zero-order valence-electron chi connectivity index (χ0n) is 8.42. The Morgan fingerprint density at radius 3 is 3.00 bits per heavy atom. The van der Waals surface area contributed by atoms with E-state index in [-0.39, 0.29) is 17.9 Å². The van der Waals surface area contributed by atoms with Crippen LogP contribution in [0, 0.1) is 5.92 Å². The van der Waals surface area contributed by atoms with Gasteiger partial charge in [-0.05, 0) is 25.8 Å². The van der Waals surface area contributed by atoms with E-state index in [0.717, 1.165) is 39.0 Å². The minimum atomic E-state index is 0.178. The van der Waals surface area contributed by atoms with Crippen LogP contribution in [0.3, 0.4) is 0 Å². The molecule has 0 aliphatic carbocycles. The van der Waals surface area contributed by atoms with Gasteiger partial charge >= 0.3 is 0 Å². The fourth-order valence-corrected chi connectivity index (χ4v) is 2.05. The van der Waals surface area contributed by atoms with Crippen molar-refractivity contribution in [2.45, 2.75) is 25.3 Å². The number of amides is 1. The Balaban J connectivity index is 1.75. The quantitative estimate of drug-likeness (QED) is 0.651. The van der Waals surface area contributed by atoms with E-state index in [9.17, 15) is 4.79 Å². The summed E-state index contributed by atoms with van der Waals surface area (Å²) in [5.74, 6) is 0.377. The lowest BCUT2D eigenvalue weighted by atomic mass is 10.1. The van der Waals surface area contributed by atoms with Crippen LogP contribution in [0.2, 0.25) is 0 Å². The third-order valence-corrected chi connectivity index (χ3v) is 2.94. The molecule has 0 aromatic carbocycles. The van der Waals surface area contributed by atoms with Gasteiger partial charge in [0.1, 0.15) is 0 Å². The molecule has 4 heteroatoms. The van der Waals surface area contributed by atoms with Crippen LogP contribution in [-0.4, -0.2) is 38.3 Å². The van der Waals surface area contributed by atoms with Crippen LogP contribution in [0.15, 0.2) is 0 Å². The molecule has 2 fully saturated rings. The second-order valence-corrected chi connectivity index (χ2v) is 4.11. The Kier molecular flexibility index (Phi) is 3.37. The molecule has 0 spiro atoms. The van der Waals surface area contributed by atoms with E-state index in [1.165, 1.54) is 0 Å². The van der Waals surface area contributed by atoms with E-state index >= 15 is 0 Å². The van der Waals surface area contributed by atoms with Gasteiger partial charge < -0.3 is 15.4 Å². The van der Waals surface area contributed by atoms with Crippen LogP contribution in [0.25, 0.3) is 0 Å². The zero-order chi connectivity index (χ0) is 9.80. The molecule has 14 heavy (non-hydrogen) atoms. The Labute approximate surface area is 84.4 Å². The lowest BCUT2D eigenvalue weighted by molar-refractivity contribution is -0.126. The molecular formula is C10H18N2O2. The third-order valence-electron chi connectivity index (χ3n) is 2.94. The molecule has 2 aliphatic heterocycles. The van der Waals surface area contributed by atoms with E-state index in [0.29, 0.717) is 6.61 Å². The summed E-state index contributed by atoms with van der Waals surface area (Å²) in [7, 11) is 0. The highest BCUT2D eigenvalue weighted by atomic mass is 16.5. The molecule has 2 atom stereocenters. The molecule has 2 rings (SSSR count). The molecule has 2 saturated heterocycles. The van der Waals surface area contributed by atoms with Crippen molar-refractivity contribution >= 4 is 5.91 Å². The lowest BCUT2D eigenvalue weighted by Crippen LogP contribution is -2.43. The standard InChI is InChI=1S/C10H18N2O2/c13-10(8-3-4-11-6-8)12-9-2-1-5-14-7-9/h8-9,11H,1-7H2,(H,12,13)/t8-,9?/m0/s1. The average Bonchev–Trinajstić information content (AvgIpc) is 2.72. The number of carbonyl (C=O) groups excluding carboxylic acids is 1. The highest BCUT2D eigenvalue weighted by molar-refractivity contribution is 5.79. The van der Waals surface area contributed by atoms with Gasteiger partial charge in [0, 0.05) is 13.2 Å². The molecule has 0 aromatic heterocycles. The monoisotopic (exact) mass is 198 g/mol.